The van der Waals surface area contributed by atoms with Crippen molar-refractivity contribution in [2.24, 2.45) is 0 Å². The Morgan fingerprint density at radius 3 is 2.25 bits per heavy atom. The van der Waals surface area contributed by atoms with Crippen LogP contribution in [-0.4, -0.2) is 24.4 Å². The summed E-state index contributed by atoms with van der Waals surface area (Å²) < 4.78 is 11.0. The molecule has 0 unspecified atom stereocenters. The van der Waals surface area contributed by atoms with Gasteiger partial charge in [-0.05, 0) is 17.5 Å². The van der Waals surface area contributed by atoms with E-state index >= 15 is 0 Å². The smallest absolute Gasteiger partial charge is 0.145 e. The van der Waals surface area contributed by atoms with Gasteiger partial charge in [0, 0.05) is 17.2 Å². The van der Waals surface area contributed by atoms with Crippen LogP contribution >= 0.6 is 0 Å². The van der Waals surface area contributed by atoms with Crippen LogP contribution in [0.1, 0.15) is 26.3 Å². The fraction of sp³-hybridized carbons (Fsp3) is 0.400. The predicted octanol–water partition coefficient (Wildman–Crippen LogP) is 2.97. The molecule has 5 nitrogen and oxygen atoms in total. The van der Waals surface area contributed by atoms with Crippen LogP contribution in [0.5, 0.6) is 11.5 Å². The number of anilines is 1. The SMILES string of the molecule is COc1cc(-c2cc(N)n[nH]2)c(OC)c(C(C)(C)C)c1. The summed E-state index contributed by atoms with van der Waals surface area (Å²) in [5.74, 6) is 2.03. The molecule has 1 aromatic carbocycles. The van der Waals surface area contributed by atoms with Gasteiger partial charge in [-0.1, -0.05) is 20.8 Å². The number of methoxy groups -OCH3 is 2. The summed E-state index contributed by atoms with van der Waals surface area (Å²) in [6.45, 7) is 6.40. The van der Waals surface area contributed by atoms with Crippen LogP contribution in [0.3, 0.4) is 0 Å². The second-order valence-corrected chi connectivity index (χ2v) is 5.71. The Morgan fingerprint density at radius 2 is 1.80 bits per heavy atom. The number of aromatic amines is 1. The lowest BCUT2D eigenvalue weighted by Crippen LogP contribution is -2.13. The highest BCUT2D eigenvalue weighted by atomic mass is 16.5. The van der Waals surface area contributed by atoms with E-state index in [-0.39, 0.29) is 5.41 Å². The maximum Gasteiger partial charge on any atom is 0.145 e. The normalized spacial score (nSPS) is 11.4. The van der Waals surface area contributed by atoms with Crippen LogP contribution in [0.4, 0.5) is 5.82 Å². The van der Waals surface area contributed by atoms with Crippen molar-refractivity contribution in [1.82, 2.24) is 10.2 Å². The summed E-state index contributed by atoms with van der Waals surface area (Å²) in [7, 11) is 3.32. The van der Waals surface area contributed by atoms with Crippen molar-refractivity contribution >= 4 is 5.82 Å². The van der Waals surface area contributed by atoms with Gasteiger partial charge in [-0.15, -0.1) is 0 Å². The lowest BCUT2D eigenvalue weighted by molar-refractivity contribution is 0.389. The first kappa shape index (κ1) is 14.2. The lowest BCUT2D eigenvalue weighted by Gasteiger charge is -2.24. The number of hydrogen-bond donors (Lipinski definition) is 2. The van der Waals surface area contributed by atoms with Crippen LogP contribution in [0.2, 0.25) is 0 Å². The maximum absolute atomic E-state index is 5.69. The number of aromatic nitrogens is 2. The molecule has 108 valence electrons. The van der Waals surface area contributed by atoms with E-state index < -0.39 is 0 Å². The molecule has 0 aliphatic carbocycles. The minimum atomic E-state index is -0.0692. The van der Waals surface area contributed by atoms with Crippen LogP contribution in [0.15, 0.2) is 18.2 Å². The van der Waals surface area contributed by atoms with E-state index in [1.807, 2.05) is 12.1 Å². The molecule has 3 N–H and O–H groups in total. The molecule has 0 fully saturated rings. The number of nitrogens with one attached hydrogen (secondary N) is 1. The summed E-state index contributed by atoms with van der Waals surface area (Å²) >= 11 is 0. The summed E-state index contributed by atoms with van der Waals surface area (Å²) in [5, 5.41) is 6.89. The molecule has 0 aliphatic rings. The number of benzene rings is 1. The molecule has 0 bridgehead atoms. The molecule has 2 aromatic rings. The molecule has 0 amide bonds. The van der Waals surface area contributed by atoms with E-state index in [2.05, 4.69) is 31.0 Å². The first-order valence-corrected chi connectivity index (χ1v) is 6.44. The van der Waals surface area contributed by atoms with Crippen molar-refractivity contribution in [2.45, 2.75) is 26.2 Å². The number of nitrogens with two attached hydrogens (primary N) is 1. The molecule has 0 saturated carbocycles. The second kappa shape index (κ2) is 5.07. The largest absolute Gasteiger partial charge is 0.497 e. The van der Waals surface area contributed by atoms with Crippen molar-refractivity contribution in [3.8, 4) is 22.8 Å². The predicted molar refractivity (Wildman–Crippen MR) is 80.2 cm³/mol. The Labute approximate surface area is 119 Å². The highest BCUT2D eigenvalue weighted by Gasteiger charge is 2.24. The standard InChI is InChI=1S/C15H21N3O2/c1-15(2,3)11-7-9(19-4)6-10(14(11)20-5)12-8-13(16)18-17-12/h6-8H,1-5H3,(H3,16,17,18). The van der Waals surface area contributed by atoms with Gasteiger partial charge in [0.25, 0.3) is 0 Å². The Morgan fingerprint density at radius 1 is 1.10 bits per heavy atom. The summed E-state index contributed by atoms with van der Waals surface area (Å²) in [5.41, 5.74) is 8.39. The number of nitrogens with zero attached hydrogens (tertiary/aromatic N) is 1. The lowest BCUT2D eigenvalue weighted by atomic mass is 9.84. The molecule has 5 heteroatoms. The molecule has 0 saturated heterocycles. The quantitative estimate of drug-likeness (QED) is 0.903. The summed E-state index contributed by atoms with van der Waals surface area (Å²) in [4.78, 5) is 0. The topological polar surface area (TPSA) is 73.2 Å². The third-order valence-corrected chi connectivity index (χ3v) is 3.20. The van der Waals surface area contributed by atoms with Gasteiger partial charge in [0.1, 0.15) is 17.3 Å². The van der Waals surface area contributed by atoms with E-state index in [0.717, 1.165) is 28.3 Å². The molecule has 20 heavy (non-hydrogen) atoms. The van der Waals surface area contributed by atoms with Crippen LogP contribution < -0.4 is 15.2 Å². The van der Waals surface area contributed by atoms with Gasteiger partial charge in [0.05, 0.1) is 19.9 Å². The number of nitrogen functional groups attached to an aromatic ring is 1. The van der Waals surface area contributed by atoms with Gasteiger partial charge in [-0.25, -0.2) is 0 Å². The zero-order chi connectivity index (χ0) is 14.9. The van der Waals surface area contributed by atoms with E-state index in [0.29, 0.717) is 5.82 Å². The Hall–Kier alpha value is -2.17. The van der Waals surface area contributed by atoms with Gasteiger partial charge in [-0.2, -0.15) is 5.10 Å². The molecule has 0 radical (unpaired) electrons. The Kier molecular flexibility index (Phi) is 3.61. The second-order valence-electron chi connectivity index (χ2n) is 5.71. The zero-order valence-corrected chi connectivity index (χ0v) is 12.6. The Bertz CT molecular complexity index is 612. The zero-order valence-electron chi connectivity index (χ0n) is 12.6. The molecule has 1 heterocycles. The average molecular weight is 275 g/mol. The van der Waals surface area contributed by atoms with Crippen molar-refractivity contribution in [1.29, 1.82) is 0 Å². The number of hydrogen-bond acceptors (Lipinski definition) is 4. The van der Waals surface area contributed by atoms with Crippen molar-refractivity contribution < 1.29 is 9.47 Å². The van der Waals surface area contributed by atoms with E-state index in [4.69, 9.17) is 15.2 Å². The van der Waals surface area contributed by atoms with E-state index in [1.165, 1.54) is 0 Å². The highest BCUT2D eigenvalue weighted by molar-refractivity contribution is 5.73. The molecule has 0 aliphatic heterocycles. The summed E-state index contributed by atoms with van der Waals surface area (Å²) in [6.07, 6.45) is 0. The first-order chi connectivity index (χ1) is 9.36. The van der Waals surface area contributed by atoms with Gasteiger partial charge in [-0.3, -0.25) is 5.10 Å². The molecule has 1 aromatic heterocycles. The minimum absolute atomic E-state index is 0.0692. The number of H-pyrrole nitrogens is 1. The first-order valence-electron chi connectivity index (χ1n) is 6.44. The van der Waals surface area contributed by atoms with Gasteiger partial charge in [0.2, 0.25) is 0 Å². The number of rotatable bonds is 3. The number of ether oxygens (including phenoxy) is 2. The third-order valence-electron chi connectivity index (χ3n) is 3.20. The van der Waals surface area contributed by atoms with Crippen molar-refractivity contribution in [3.05, 3.63) is 23.8 Å². The third kappa shape index (κ3) is 2.57. The van der Waals surface area contributed by atoms with Gasteiger partial charge < -0.3 is 15.2 Å². The van der Waals surface area contributed by atoms with E-state index in [9.17, 15) is 0 Å². The van der Waals surface area contributed by atoms with Crippen molar-refractivity contribution in [3.63, 3.8) is 0 Å². The van der Waals surface area contributed by atoms with Crippen molar-refractivity contribution in [2.75, 3.05) is 20.0 Å². The van der Waals surface area contributed by atoms with Crippen LogP contribution in [-0.2, 0) is 5.41 Å². The van der Waals surface area contributed by atoms with Gasteiger partial charge >= 0.3 is 0 Å². The molecule has 2 rings (SSSR count). The van der Waals surface area contributed by atoms with Crippen LogP contribution in [0, 0.1) is 0 Å². The molecular formula is C15H21N3O2. The highest BCUT2D eigenvalue weighted by Crippen LogP contribution is 2.41. The van der Waals surface area contributed by atoms with Crippen LogP contribution in [0.25, 0.3) is 11.3 Å². The van der Waals surface area contributed by atoms with Gasteiger partial charge in [0.15, 0.2) is 0 Å². The molecule has 0 spiro atoms. The molecule has 0 atom stereocenters. The average Bonchev–Trinajstić information content (AvgIpc) is 2.82. The Balaban J connectivity index is 2.72. The monoisotopic (exact) mass is 275 g/mol. The fourth-order valence-corrected chi connectivity index (χ4v) is 2.17. The van der Waals surface area contributed by atoms with E-state index in [1.54, 1.807) is 20.3 Å². The molecular weight excluding hydrogens is 254 g/mol. The maximum atomic E-state index is 5.69. The fourth-order valence-electron chi connectivity index (χ4n) is 2.17. The summed E-state index contributed by atoms with van der Waals surface area (Å²) in [6, 6.07) is 5.70. The minimum Gasteiger partial charge on any atom is -0.497 e.